The molecule has 5 heteroatoms. The van der Waals surface area contributed by atoms with Crippen molar-refractivity contribution in [1.82, 2.24) is 0 Å². The van der Waals surface area contributed by atoms with Gasteiger partial charge in [-0.15, -0.1) is 11.6 Å². The molecular weight excluding hydrogens is 244 g/mol. The number of alkyl halides is 1. The summed E-state index contributed by atoms with van der Waals surface area (Å²) in [6.45, 7) is 0.0443. The summed E-state index contributed by atoms with van der Waals surface area (Å²) >= 11 is 5.67. The molecule has 1 fully saturated rings. The average Bonchev–Trinajstić information content (AvgIpc) is 2.67. The van der Waals surface area contributed by atoms with E-state index in [0.717, 1.165) is 0 Å². The van der Waals surface area contributed by atoms with Crippen LogP contribution in [0.5, 0.6) is 0 Å². The first-order chi connectivity index (χ1) is 8.16. The van der Waals surface area contributed by atoms with Crippen molar-refractivity contribution in [3.05, 3.63) is 35.9 Å². The number of benzene rings is 1. The van der Waals surface area contributed by atoms with Crippen molar-refractivity contribution in [3.63, 3.8) is 0 Å². The quantitative estimate of drug-likeness (QED) is 0.609. The maximum Gasteiger partial charge on any atom is 0.338 e. The molecule has 2 rings (SSSR count). The number of hydrogen-bond acceptors (Lipinski definition) is 4. The molecule has 0 saturated carbocycles. The van der Waals surface area contributed by atoms with Crippen LogP contribution in [0.15, 0.2) is 30.3 Å². The van der Waals surface area contributed by atoms with E-state index in [1.165, 1.54) is 0 Å². The van der Waals surface area contributed by atoms with Gasteiger partial charge in [-0.1, -0.05) is 18.2 Å². The lowest BCUT2D eigenvalue weighted by Crippen LogP contribution is -2.18. The fourth-order valence-electron chi connectivity index (χ4n) is 1.54. The van der Waals surface area contributed by atoms with Gasteiger partial charge in [0.25, 0.3) is 0 Å². The van der Waals surface area contributed by atoms with Crippen LogP contribution in [0.2, 0.25) is 0 Å². The molecule has 0 amide bonds. The summed E-state index contributed by atoms with van der Waals surface area (Å²) in [5.41, 5.74) is 0.472. The lowest BCUT2D eigenvalue weighted by atomic mass is 10.2. The third-order valence-electron chi connectivity index (χ3n) is 2.42. The van der Waals surface area contributed by atoms with Gasteiger partial charge < -0.3 is 9.47 Å². The molecule has 0 aromatic heterocycles. The topological polar surface area (TPSA) is 52.6 Å². The van der Waals surface area contributed by atoms with Gasteiger partial charge >= 0.3 is 11.9 Å². The molecular formula is C12H11ClO4. The second-order valence-electron chi connectivity index (χ2n) is 3.73. The molecule has 1 aliphatic rings. The van der Waals surface area contributed by atoms with Crippen LogP contribution in [0.4, 0.5) is 0 Å². The van der Waals surface area contributed by atoms with Crippen LogP contribution in [-0.4, -0.2) is 30.0 Å². The van der Waals surface area contributed by atoms with E-state index in [9.17, 15) is 9.59 Å². The number of esters is 2. The minimum Gasteiger partial charge on any atom is -0.458 e. The molecule has 1 aliphatic heterocycles. The Hall–Kier alpha value is -1.55. The van der Waals surface area contributed by atoms with Crippen molar-refractivity contribution in [3.8, 4) is 0 Å². The number of ether oxygens (including phenoxy) is 2. The number of halogens is 1. The summed E-state index contributed by atoms with van der Waals surface area (Å²) in [6, 6.07) is 8.64. The zero-order chi connectivity index (χ0) is 12.3. The molecule has 1 heterocycles. The van der Waals surface area contributed by atoms with Gasteiger partial charge in [0.2, 0.25) is 0 Å². The maximum absolute atomic E-state index is 11.6. The van der Waals surface area contributed by atoms with Gasteiger partial charge in [0.05, 0.1) is 5.56 Å². The Labute approximate surface area is 103 Å². The molecule has 2 unspecified atom stereocenters. The third-order valence-corrected chi connectivity index (χ3v) is 2.77. The van der Waals surface area contributed by atoms with Crippen molar-refractivity contribution < 1.29 is 19.1 Å². The van der Waals surface area contributed by atoms with Crippen molar-refractivity contribution >= 4 is 23.5 Å². The molecule has 0 radical (unpaired) electrons. The van der Waals surface area contributed by atoms with Gasteiger partial charge in [-0.25, -0.2) is 4.79 Å². The lowest BCUT2D eigenvalue weighted by Gasteiger charge is -2.09. The van der Waals surface area contributed by atoms with Gasteiger partial charge in [-0.05, 0) is 12.1 Å². The van der Waals surface area contributed by atoms with Crippen LogP contribution < -0.4 is 0 Å². The molecule has 0 bridgehead atoms. The van der Waals surface area contributed by atoms with Crippen LogP contribution in [-0.2, 0) is 14.3 Å². The summed E-state index contributed by atoms with van der Waals surface area (Å²) in [7, 11) is 0. The largest absolute Gasteiger partial charge is 0.458 e. The normalized spacial score (nSPS) is 23.2. The Morgan fingerprint density at radius 1 is 1.41 bits per heavy atom. The van der Waals surface area contributed by atoms with Crippen molar-refractivity contribution in [2.45, 2.75) is 17.9 Å². The first kappa shape index (κ1) is 11.9. The summed E-state index contributed by atoms with van der Waals surface area (Å²) in [6.07, 6.45) is -0.0553. The third kappa shape index (κ3) is 2.97. The van der Waals surface area contributed by atoms with Crippen molar-refractivity contribution in [2.24, 2.45) is 0 Å². The van der Waals surface area contributed by atoms with E-state index >= 15 is 0 Å². The lowest BCUT2D eigenvalue weighted by molar-refractivity contribution is -0.142. The predicted octanol–water partition coefficient (Wildman–Crippen LogP) is 1.77. The van der Waals surface area contributed by atoms with Gasteiger partial charge in [0, 0.05) is 6.42 Å². The monoisotopic (exact) mass is 254 g/mol. The Morgan fingerprint density at radius 2 is 2.12 bits per heavy atom. The molecule has 1 aromatic rings. The van der Waals surface area contributed by atoms with Crippen LogP contribution in [0.25, 0.3) is 0 Å². The van der Waals surface area contributed by atoms with Gasteiger partial charge in [0.15, 0.2) is 0 Å². The van der Waals surface area contributed by atoms with E-state index in [0.29, 0.717) is 12.0 Å². The number of carbonyl (C=O) groups is 2. The zero-order valence-electron chi connectivity index (χ0n) is 8.97. The summed E-state index contributed by atoms with van der Waals surface area (Å²) in [5, 5.41) is -0.629. The summed E-state index contributed by atoms with van der Waals surface area (Å²) in [4.78, 5) is 22.6. The van der Waals surface area contributed by atoms with Gasteiger partial charge in [-0.2, -0.15) is 0 Å². The highest BCUT2D eigenvalue weighted by molar-refractivity contribution is 6.30. The SMILES string of the molecule is O=C(OCC1CC(Cl)C(=O)O1)c1ccccc1. The standard InChI is InChI=1S/C12H11ClO4/c13-10-6-9(17-12(10)15)7-16-11(14)8-4-2-1-3-5-8/h1-5,9-10H,6-7H2. The summed E-state index contributed by atoms with van der Waals surface area (Å²) in [5.74, 6) is -0.882. The smallest absolute Gasteiger partial charge is 0.338 e. The van der Waals surface area contributed by atoms with Crippen LogP contribution in [0.3, 0.4) is 0 Å². The molecule has 0 N–H and O–H groups in total. The minimum absolute atomic E-state index is 0.0443. The molecule has 2 atom stereocenters. The molecule has 0 aliphatic carbocycles. The van der Waals surface area contributed by atoms with Crippen LogP contribution in [0, 0.1) is 0 Å². The van der Waals surface area contributed by atoms with E-state index in [4.69, 9.17) is 21.1 Å². The average molecular weight is 255 g/mol. The molecule has 4 nitrogen and oxygen atoms in total. The van der Waals surface area contributed by atoms with E-state index < -0.39 is 23.4 Å². The Morgan fingerprint density at radius 3 is 2.71 bits per heavy atom. The molecule has 17 heavy (non-hydrogen) atoms. The van der Waals surface area contributed by atoms with Crippen LogP contribution in [0.1, 0.15) is 16.8 Å². The van der Waals surface area contributed by atoms with Crippen LogP contribution >= 0.6 is 11.6 Å². The molecule has 1 saturated heterocycles. The fraction of sp³-hybridized carbons (Fsp3) is 0.333. The van der Waals surface area contributed by atoms with E-state index in [-0.39, 0.29) is 6.61 Å². The van der Waals surface area contributed by atoms with Gasteiger partial charge in [0.1, 0.15) is 18.1 Å². The number of carbonyl (C=O) groups excluding carboxylic acids is 2. The van der Waals surface area contributed by atoms with Crippen molar-refractivity contribution in [2.75, 3.05) is 6.61 Å². The Kier molecular flexibility index (Phi) is 3.64. The van der Waals surface area contributed by atoms with E-state index in [2.05, 4.69) is 0 Å². The molecule has 0 spiro atoms. The number of cyclic esters (lactones) is 1. The highest BCUT2D eigenvalue weighted by atomic mass is 35.5. The minimum atomic E-state index is -0.629. The first-order valence-electron chi connectivity index (χ1n) is 5.23. The van der Waals surface area contributed by atoms with E-state index in [1.807, 2.05) is 6.07 Å². The predicted molar refractivity (Wildman–Crippen MR) is 60.9 cm³/mol. The highest BCUT2D eigenvalue weighted by Crippen LogP contribution is 2.20. The van der Waals surface area contributed by atoms with E-state index in [1.54, 1.807) is 24.3 Å². The fourth-order valence-corrected chi connectivity index (χ4v) is 1.79. The number of hydrogen-bond donors (Lipinski definition) is 0. The summed E-state index contributed by atoms with van der Waals surface area (Å²) < 4.78 is 9.95. The van der Waals surface area contributed by atoms with Crippen molar-refractivity contribution in [1.29, 1.82) is 0 Å². The van der Waals surface area contributed by atoms with Gasteiger partial charge in [-0.3, -0.25) is 4.79 Å². The molecule has 1 aromatic carbocycles. The Balaban J connectivity index is 1.83. The zero-order valence-corrected chi connectivity index (χ0v) is 9.72. The second-order valence-corrected chi connectivity index (χ2v) is 4.25. The molecule has 90 valence electrons. The maximum atomic E-state index is 11.6. The second kappa shape index (κ2) is 5.19. The number of rotatable bonds is 3. The highest BCUT2D eigenvalue weighted by Gasteiger charge is 2.33. The Bertz CT molecular complexity index is 418. The first-order valence-corrected chi connectivity index (χ1v) is 5.67.